The van der Waals surface area contributed by atoms with Crippen LogP contribution >= 0.6 is 22.7 Å². The zero-order valence-corrected chi connectivity index (χ0v) is 14.1. The van der Waals surface area contributed by atoms with Crippen LogP contribution < -0.4 is 10.1 Å². The van der Waals surface area contributed by atoms with Gasteiger partial charge in [0.2, 0.25) is 0 Å². The summed E-state index contributed by atoms with van der Waals surface area (Å²) in [4.78, 5) is 5.90. The van der Waals surface area contributed by atoms with Gasteiger partial charge in [-0.15, -0.1) is 21.5 Å². The largest absolute Gasteiger partial charge is 0.469 e. The fraction of sp³-hybridized carbons (Fsp3) is 0.615. The van der Waals surface area contributed by atoms with Crippen LogP contribution in [0, 0.1) is 13.8 Å². The molecular weight excluding hydrogens is 292 g/mol. The maximum Gasteiger partial charge on any atom is 0.294 e. The van der Waals surface area contributed by atoms with Crippen LogP contribution in [0.1, 0.15) is 41.4 Å². The Morgan fingerprint density at radius 1 is 1.20 bits per heavy atom. The summed E-state index contributed by atoms with van der Waals surface area (Å²) in [6, 6.07) is 0. The van der Waals surface area contributed by atoms with Gasteiger partial charge in [0.15, 0.2) is 0 Å². The molecule has 0 aliphatic heterocycles. The van der Waals surface area contributed by atoms with Crippen molar-refractivity contribution in [2.75, 3.05) is 6.61 Å². The van der Waals surface area contributed by atoms with E-state index in [1.165, 1.54) is 16.2 Å². The summed E-state index contributed by atoms with van der Waals surface area (Å²) in [5, 5.41) is 14.2. The minimum atomic E-state index is -0.179. The molecule has 0 aromatic carbocycles. The van der Waals surface area contributed by atoms with Crippen molar-refractivity contribution in [2.45, 2.75) is 46.7 Å². The van der Waals surface area contributed by atoms with Gasteiger partial charge in [0.25, 0.3) is 5.19 Å². The monoisotopic (exact) mass is 312 g/mol. The Labute approximate surface area is 127 Å². The number of ether oxygens (including phenoxy) is 1. The van der Waals surface area contributed by atoms with Crippen molar-refractivity contribution < 1.29 is 4.74 Å². The molecule has 0 bridgehead atoms. The Balaban J connectivity index is 2.00. The number of nitrogens with one attached hydrogen (secondary N) is 1. The fourth-order valence-corrected chi connectivity index (χ4v) is 3.28. The fourth-order valence-electron chi connectivity index (χ4n) is 1.60. The number of aromatic nitrogens is 3. The minimum absolute atomic E-state index is 0.179. The van der Waals surface area contributed by atoms with Crippen molar-refractivity contribution in [1.82, 2.24) is 20.5 Å². The van der Waals surface area contributed by atoms with Gasteiger partial charge >= 0.3 is 0 Å². The van der Waals surface area contributed by atoms with E-state index in [4.69, 9.17) is 4.74 Å². The zero-order valence-electron chi connectivity index (χ0n) is 12.5. The maximum atomic E-state index is 5.33. The number of aryl methyl sites for hydroxylation is 2. The lowest BCUT2D eigenvalue weighted by atomic mass is 10.1. The van der Waals surface area contributed by atoms with E-state index in [0.29, 0.717) is 18.3 Å². The molecule has 0 saturated heterocycles. The Kier molecular flexibility index (Phi) is 4.72. The molecule has 1 N–H and O–H groups in total. The van der Waals surface area contributed by atoms with Crippen molar-refractivity contribution in [2.24, 2.45) is 0 Å². The Morgan fingerprint density at radius 2 is 1.95 bits per heavy atom. The molecule has 5 nitrogen and oxygen atoms in total. The standard InChI is InChI=1S/C13H20N4OS2/c1-6-18-12-17-16-10(20-12)7-14-13(4,5)11-15-8(2)9(3)19-11/h14H,6-7H2,1-5H3. The van der Waals surface area contributed by atoms with Crippen molar-refractivity contribution in [3.63, 3.8) is 0 Å². The van der Waals surface area contributed by atoms with Gasteiger partial charge in [-0.25, -0.2) is 4.98 Å². The van der Waals surface area contributed by atoms with Gasteiger partial charge in [-0.2, -0.15) is 0 Å². The number of hydrogen-bond donors (Lipinski definition) is 1. The molecule has 20 heavy (non-hydrogen) atoms. The highest BCUT2D eigenvalue weighted by Gasteiger charge is 2.24. The van der Waals surface area contributed by atoms with E-state index in [1.54, 1.807) is 11.3 Å². The number of nitrogens with zero attached hydrogens (tertiary/aromatic N) is 3. The van der Waals surface area contributed by atoms with Crippen molar-refractivity contribution in [3.05, 3.63) is 20.6 Å². The van der Waals surface area contributed by atoms with E-state index >= 15 is 0 Å². The molecule has 0 aliphatic rings. The lowest BCUT2D eigenvalue weighted by molar-refractivity contribution is 0.335. The highest BCUT2D eigenvalue weighted by molar-refractivity contribution is 7.13. The van der Waals surface area contributed by atoms with E-state index in [-0.39, 0.29) is 5.54 Å². The summed E-state index contributed by atoms with van der Waals surface area (Å²) in [7, 11) is 0. The molecule has 110 valence electrons. The first-order chi connectivity index (χ1) is 9.42. The predicted octanol–water partition coefficient (Wildman–Crippen LogP) is 3.04. The number of thiazole rings is 1. The van der Waals surface area contributed by atoms with Crippen LogP contribution in [-0.4, -0.2) is 21.8 Å². The van der Waals surface area contributed by atoms with Gasteiger partial charge in [-0.3, -0.25) is 5.32 Å². The second kappa shape index (κ2) is 6.15. The van der Waals surface area contributed by atoms with Crippen molar-refractivity contribution >= 4 is 22.7 Å². The van der Waals surface area contributed by atoms with Crippen LogP contribution in [-0.2, 0) is 12.1 Å². The van der Waals surface area contributed by atoms with Crippen molar-refractivity contribution in [3.8, 4) is 5.19 Å². The smallest absolute Gasteiger partial charge is 0.294 e. The maximum absolute atomic E-state index is 5.33. The van der Waals surface area contributed by atoms with Crippen molar-refractivity contribution in [1.29, 1.82) is 0 Å². The Bertz CT molecular complexity index is 557. The molecule has 0 fully saturated rings. The summed E-state index contributed by atoms with van der Waals surface area (Å²) in [6.07, 6.45) is 0. The zero-order chi connectivity index (χ0) is 14.8. The summed E-state index contributed by atoms with van der Waals surface area (Å²) in [5.41, 5.74) is 0.927. The topological polar surface area (TPSA) is 59.9 Å². The van der Waals surface area contributed by atoms with Crippen LogP contribution in [0.3, 0.4) is 0 Å². The first kappa shape index (κ1) is 15.3. The quantitative estimate of drug-likeness (QED) is 0.888. The summed E-state index contributed by atoms with van der Waals surface area (Å²) in [5.74, 6) is 0. The van der Waals surface area contributed by atoms with Crippen LogP contribution in [0.5, 0.6) is 5.19 Å². The van der Waals surface area contributed by atoms with Crippen LogP contribution in [0.15, 0.2) is 0 Å². The molecule has 0 radical (unpaired) electrons. The van der Waals surface area contributed by atoms with E-state index in [2.05, 4.69) is 41.3 Å². The van der Waals surface area contributed by atoms with Crippen LogP contribution in [0.2, 0.25) is 0 Å². The lowest BCUT2D eigenvalue weighted by Crippen LogP contribution is -2.35. The Hall–Kier alpha value is -1.05. The normalized spacial score (nSPS) is 11.8. The highest BCUT2D eigenvalue weighted by atomic mass is 32.1. The van der Waals surface area contributed by atoms with E-state index in [0.717, 1.165) is 15.7 Å². The summed E-state index contributed by atoms with van der Waals surface area (Å²) < 4.78 is 5.33. The third-order valence-electron chi connectivity index (χ3n) is 2.96. The number of hydrogen-bond acceptors (Lipinski definition) is 7. The second-order valence-corrected chi connectivity index (χ2v) is 7.26. The molecule has 0 atom stereocenters. The summed E-state index contributed by atoms with van der Waals surface area (Å²) >= 11 is 3.22. The third-order valence-corrected chi connectivity index (χ3v) is 5.19. The SMILES string of the molecule is CCOc1nnc(CNC(C)(C)c2nc(C)c(C)s2)s1. The molecule has 0 amide bonds. The lowest BCUT2D eigenvalue weighted by Gasteiger charge is -2.23. The second-order valence-electron chi connectivity index (χ2n) is 5.03. The first-order valence-electron chi connectivity index (χ1n) is 6.57. The Morgan fingerprint density at radius 3 is 2.55 bits per heavy atom. The van der Waals surface area contributed by atoms with Crippen LogP contribution in [0.4, 0.5) is 0 Å². The van der Waals surface area contributed by atoms with Gasteiger partial charge in [0.05, 0.1) is 24.4 Å². The molecule has 0 unspecified atom stereocenters. The van der Waals surface area contributed by atoms with E-state index < -0.39 is 0 Å². The molecular formula is C13H20N4OS2. The minimum Gasteiger partial charge on any atom is -0.469 e. The van der Waals surface area contributed by atoms with Gasteiger partial charge in [0, 0.05) is 4.88 Å². The molecule has 0 spiro atoms. The first-order valence-corrected chi connectivity index (χ1v) is 8.20. The van der Waals surface area contributed by atoms with Crippen LogP contribution in [0.25, 0.3) is 0 Å². The molecule has 2 aromatic heterocycles. The number of rotatable bonds is 6. The molecule has 7 heteroatoms. The summed E-state index contributed by atoms with van der Waals surface area (Å²) in [6.45, 7) is 11.6. The van der Waals surface area contributed by atoms with Gasteiger partial charge in [-0.05, 0) is 34.6 Å². The molecule has 0 saturated carbocycles. The van der Waals surface area contributed by atoms with Gasteiger partial charge in [0.1, 0.15) is 10.0 Å². The molecule has 2 aromatic rings. The van der Waals surface area contributed by atoms with Gasteiger partial charge < -0.3 is 4.74 Å². The van der Waals surface area contributed by atoms with E-state index in [1.807, 2.05) is 13.8 Å². The third kappa shape index (κ3) is 3.53. The molecule has 2 heterocycles. The molecule has 2 rings (SSSR count). The van der Waals surface area contributed by atoms with E-state index in [9.17, 15) is 0 Å². The predicted molar refractivity (Wildman–Crippen MR) is 82.5 cm³/mol. The highest BCUT2D eigenvalue weighted by Crippen LogP contribution is 2.28. The molecule has 0 aliphatic carbocycles. The van der Waals surface area contributed by atoms with Gasteiger partial charge in [-0.1, -0.05) is 11.3 Å². The average molecular weight is 312 g/mol. The average Bonchev–Trinajstić information content (AvgIpc) is 2.96.